The fourth-order valence-electron chi connectivity index (χ4n) is 2.60. The van der Waals surface area contributed by atoms with Crippen molar-refractivity contribution in [2.75, 3.05) is 0 Å². The van der Waals surface area contributed by atoms with Gasteiger partial charge in [0, 0.05) is 0 Å². The molecule has 1 nitrogen and oxygen atoms in total. The largest absolute Gasteiger partial charge is 0.389 e. The summed E-state index contributed by atoms with van der Waals surface area (Å²) in [5, 5.41) is 14.4. The summed E-state index contributed by atoms with van der Waals surface area (Å²) in [6.45, 7) is 1.78. The van der Waals surface area contributed by atoms with E-state index in [9.17, 15) is 5.11 Å². The van der Waals surface area contributed by atoms with E-state index in [0.717, 1.165) is 5.56 Å². The van der Waals surface area contributed by atoms with E-state index >= 15 is 0 Å². The molecule has 0 saturated carbocycles. The Morgan fingerprint density at radius 3 is 1.39 bits per heavy atom. The highest BCUT2D eigenvalue weighted by atomic mass is 16.3. The maximum Gasteiger partial charge on any atom is 0.0762 e. The summed E-state index contributed by atoms with van der Waals surface area (Å²) in [7, 11) is 0. The topological polar surface area (TPSA) is 20.2 Å². The number of benzene rings is 4. The Morgan fingerprint density at radius 2 is 0.957 bits per heavy atom. The Morgan fingerprint density at radius 1 is 0.565 bits per heavy atom. The lowest BCUT2D eigenvalue weighted by Crippen LogP contribution is -1.89. The average molecular weight is 300 g/mol. The van der Waals surface area contributed by atoms with Crippen molar-refractivity contribution >= 4 is 21.5 Å². The normalized spacial score (nSPS) is 11.7. The van der Waals surface area contributed by atoms with Crippen molar-refractivity contribution in [2.45, 2.75) is 13.0 Å². The molecule has 0 heterocycles. The van der Waals surface area contributed by atoms with Crippen molar-refractivity contribution < 1.29 is 5.11 Å². The van der Waals surface area contributed by atoms with Crippen LogP contribution in [0.4, 0.5) is 0 Å². The second-order valence-corrected chi connectivity index (χ2v) is 5.63. The minimum Gasteiger partial charge on any atom is -0.389 e. The summed E-state index contributed by atoms with van der Waals surface area (Å²) in [5.41, 5.74) is 0.971. The molecule has 1 N–H and O–H groups in total. The van der Waals surface area contributed by atoms with E-state index in [4.69, 9.17) is 0 Å². The Hall–Kier alpha value is -2.64. The SMILES string of the molecule is CC(O)c1ccc2ccccc2c1.c1ccc2ccccc2c1. The van der Waals surface area contributed by atoms with Gasteiger partial charge in [-0.2, -0.15) is 0 Å². The Balaban J connectivity index is 0.000000140. The third kappa shape index (κ3) is 3.77. The molecule has 0 saturated heterocycles. The molecular weight excluding hydrogens is 280 g/mol. The minimum atomic E-state index is -0.385. The van der Waals surface area contributed by atoms with E-state index in [1.54, 1.807) is 6.92 Å². The van der Waals surface area contributed by atoms with Crippen LogP contribution in [-0.4, -0.2) is 5.11 Å². The summed E-state index contributed by atoms with van der Waals surface area (Å²) < 4.78 is 0. The highest BCUT2D eigenvalue weighted by molar-refractivity contribution is 5.83. The first kappa shape index (κ1) is 15.3. The van der Waals surface area contributed by atoms with Crippen LogP contribution in [0.2, 0.25) is 0 Å². The summed E-state index contributed by atoms with van der Waals surface area (Å²) in [6, 6.07) is 30.9. The maximum absolute atomic E-state index is 9.38. The Bertz CT molecular complexity index is 844. The lowest BCUT2D eigenvalue weighted by molar-refractivity contribution is 0.199. The van der Waals surface area contributed by atoms with Crippen LogP contribution < -0.4 is 0 Å². The van der Waals surface area contributed by atoms with Crippen molar-refractivity contribution in [3.8, 4) is 0 Å². The first-order valence-electron chi connectivity index (χ1n) is 7.84. The number of aliphatic hydroxyl groups is 1. The van der Waals surface area contributed by atoms with Crippen molar-refractivity contribution in [3.63, 3.8) is 0 Å². The lowest BCUT2D eigenvalue weighted by Gasteiger charge is -2.05. The van der Waals surface area contributed by atoms with Crippen LogP contribution in [0.15, 0.2) is 91.0 Å². The molecule has 0 aliphatic carbocycles. The molecule has 0 aliphatic heterocycles. The highest BCUT2D eigenvalue weighted by Gasteiger charge is 2.00. The summed E-state index contributed by atoms with van der Waals surface area (Å²) in [4.78, 5) is 0. The van der Waals surface area contributed by atoms with Crippen LogP contribution in [-0.2, 0) is 0 Å². The van der Waals surface area contributed by atoms with Gasteiger partial charge in [-0.1, -0.05) is 84.9 Å². The molecule has 0 bridgehead atoms. The third-order valence-corrected chi connectivity index (χ3v) is 3.91. The number of hydrogen-bond donors (Lipinski definition) is 1. The quantitative estimate of drug-likeness (QED) is 0.476. The molecule has 1 heteroatoms. The van der Waals surface area contributed by atoms with Gasteiger partial charge in [-0.15, -0.1) is 0 Å². The minimum absolute atomic E-state index is 0.385. The molecule has 0 fully saturated rings. The van der Waals surface area contributed by atoms with Crippen molar-refractivity contribution in [1.29, 1.82) is 0 Å². The molecule has 0 radical (unpaired) electrons. The monoisotopic (exact) mass is 300 g/mol. The van der Waals surface area contributed by atoms with Gasteiger partial charge in [0.1, 0.15) is 0 Å². The van der Waals surface area contributed by atoms with E-state index in [2.05, 4.69) is 60.7 Å². The van der Waals surface area contributed by atoms with E-state index in [1.165, 1.54) is 21.5 Å². The average Bonchev–Trinajstić information content (AvgIpc) is 2.62. The van der Waals surface area contributed by atoms with E-state index in [1.807, 2.05) is 30.3 Å². The molecule has 4 aromatic carbocycles. The molecule has 0 spiro atoms. The zero-order chi connectivity index (χ0) is 16.1. The molecule has 114 valence electrons. The predicted molar refractivity (Wildman–Crippen MR) is 98.5 cm³/mol. The Labute approximate surface area is 136 Å². The predicted octanol–water partition coefficient (Wildman–Crippen LogP) is 5.73. The van der Waals surface area contributed by atoms with Gasteiger partial charge in [-0.25, -0.2) is 0 Å². The fraction of sp³-hybridized carbons (Fsp3) is 0.0909. The van der Waals surface area contributed by atoms with Crippen LogP contribution >= 0.6 is 0 Å². The van der Waals surface area contributed by atoms with Gasteiger partial charge in [0.2, 0.25) is 0 Å². The first-order valence-corrected chi connectivity index (χ1v) is 7.84. The van der Waals surface area contributed by atoms with E-state index in [-0.39, 0.29) is 6.10 Å². The van der Waals surface area contributed by atoms with Gasteiger partial charge in [0.15, 0.2) is 0 Å². The summed E-state index contributed by atoms with van der Waals surface area (Å²) >= 11 is 0. The Kier molecular flexibility index (Phi) is 4.70. The molecule has 1 atom stereocenters. The van der Waals surface area contributed by atoms with Gasteiger partial charge in [0.25, 0.3) is 0 Å². The number of rotatable bonds is 1. The highest BCUT2D eigenvalue weighted by Crippen LogP contribution is 2.19. The van der Waals surface area contributed by atoms with Crippen LogP contribution in [0.3, 0.4) is 0 Å². The smallest absolute Gasteiger partial charge is 0.0762 e. The van der Waals surface area contributed by atoms with Gasteiger partial charge < -0.3 is 5.11 Å². The molecule has 1 unspecified atom stereocenters. The van der Waals surface area contributed by atoms with Gasteiger partial charge >= 0.3 is 0 Å². The second-order valence-electron chi connectivity index (χ2n) is 5.63. The molecular formula is C22H20O. The molecule has 4 aromatic rings. The molecule has 0 aliphatic rings. The number of fused-ring (bicyclic) bond motifs is 2. The van der Waals surface area contributed by atoms with Crippen LogP contribution in [0.25, 0.3) is 21.5 Å². The number of hydrogen-bond acceptors (Lipinski definition) is 1. The third-order valence-electron chi connectivity index (χ3n) is 3.91. The summed E-state index contributed by atoms with van der Waals surface area (Å²) in [5.74, 6) is 0. The first-order chi connectivity index (χ1) is 11.2. The summed E-state index contributed by atoms with van der Waals surface area (Å²) in [6.07, 6.45) is -0.385. The van der Waals surface area contributed by atoms with Gasteiger partial charge in [0.05, 0.1) is 6.10 Å². The second kappa shape index (κ2) is 7.08. The zero-order valence-electron chi connectivity index (χ0n) is 13.2. The standard InChI is InChI=1S/C12H12O.C10H8/c1-9(13)11-7-6-10-4-2-3-5-12(10)8-11;1-2-6-10-8-4-3-7-9(10)5-1/h2-9,13H,1H3;1-8H. The fourth-order valence-corrected chi connectivity index (χ4v) is 2.60. The van der Waals surface area contributed by atoms with Crippen molar-refractivity contribution in [1.82, 2.24) is 0 Å². The van der Waals surface area contributed by atoms with Crippen molar-refractivity contribution in [3.05, 3.63) is 96.6 Å². The van der Waals surface area contributed by atoms with Crippen LogP contribution in [0, 0.1) is 0 Å². The van der Waals surface area contributed by atoms with Gasteiger partial charge in [-0.05, 0) is 40.1 Å². The maximum atomic E-state index is 9.38. The number of aliphatic hydroxyl groups excluding tert-OH is 1. The molecule has 0 aromatic heterocycles. The molecule has 23 heavy (non-hydrogen) atoms. The van der Waals surface area contributed by atoms with E-state index < -0.39 is 0 Å². The van der Waals surface area contributed by atoms with E-state index in [0.29, 0.717) is 0 Å². The van der Waals surface area contributed by atoms with Crippen LogP contribution in [0.5, 0.6) is 0 Å². The molecule has 0 amide bonds. The molecule has 4 rings (SSSR count). The van der Waals surface area contributed by atoms with Crippen LogP contribution in [0.1, 0.15) is 18.6 Å². The van der Waals surface area contributed by atoms with Gasteiger partial charge in [-0.3, -0.25) is 0 Å². The zero-order valence-corrected chi connectivity index (χ0v) is 13.2. The van der Waals surface area contributed by atoms with Crippen molar-refractivity contribution in [2.24, 2.45) is 0 Å². The lowest BCUT2D eigenvalue weighted by atomic mass is 10.0.